The van der Waals surface area contributed by atoms with Gasteiger partial charge in [0.05, 0.1) is 0 Å². The molecule has 0 saturated heterocycles. The zero-order valence-corrected chi connectivity index (χ0v) is 12.7. The van der Waals surface area contributed by atoms with E-state index in [0.717, 1.165) is 0 Å². The maximum absolute atomic E-state index is 4.21. The summed E-state index contributed by atoms with van der Waals surface area (Å²) in [6.07, 6.45) is 11.7. The third-order valence-electron chi connectivity index (χ3n) is 4.03. The second-order valence-electron chi connectivity index (χ2n) is 5.49. The first-order chi connectivity index (χ1) is 9.86. The van der Waals surface area contributed by atoms with Crippen LogP contribution in [0.3, 0.4) is 0 Å². The molecule has 0 aliphatic rings. The average Bonchev–Trinajstić information content (AvgIpc) is 2.51. The van der Waals surface area contributed by atoms with Crippen molar-refractivity contribution in [1.29, 1.82) is 0 Å². The van der Waals surface area contributed by atoms with Crippen LogP contribution in [0.5, 0.6) is 0 Å². The molecular formula is C18H26N2. The Labute approximate surface area is 122 Å². The summed E-state index contributed by atoms with van der Waals surface area (Å²) >= 11 is 0. The maximum Gasteiger partial charge on any atom is 0.0346 e. The number of nitrogens with one attached hydrogen (secondary N) is 1. The molecule has 1 unspecified atom stereocenters. The van der Waals surface area contributed by atoms with Crippen molar-refractivity contribution in [1.82, 2.24) is 10.3 Å². The van der Waals surface area contributed by atoms with Crippen molar-refractivity contribution in [3.63, 3.8) is 0 Å². The van der Waals surface area contributed by atoms with Crippen LogP contribution in [0.25, 0.3) is 10.8 Å². The number of nitrogens with zero attached hydrogens (tertiary/aromatic N) is 1. The number of aromatic nitrogens is 1. The third kappa shape index (κ3) is 3.80. The van der Waals surface area contributed by atoms with Gasteiger partial charge in [0.2, 0.25) is 0 Å². The van der Waals surface area contributed by atoms with Gasteiger partial charge >= 0.3 is 0 Å². The van der Waals surface area contributed by atoms with E-state index in [1.807, 2.05) is 12.4 Å². The molecule has 2 aromatic rings. The Morgan fingerprint density at radius 3 is 2.75 bits per heavy atom. The molecule has 2 nitrogen and oxygen atoms in total. The van der Waals surface area contributed by atoms with Gasteiger partial charge in [0, 0.05) is 23.8 Å². The zero-order chi connectivity index (χ0) is 14.2. The molecule has 108 valence electrons. The molecule has 1 aromatic carbocycles. The standard InChI is InChI=1S/C18H26N2/c1-3-4-5-6-7-11-18(19-2)17-10-8-9-15-14-20-13-12-16(15)17/h8-10,12-14,18-19H,3-7,11H2,1-2H3. The Kier molecular flexibility index (Phi) is 6.00. The fraction of sp³-hybridized carbons (Fsp3) is 0.500. The van der Waals surface area contributed by atoms with E-state index < -0.39 is 0 Å². The second kappa shape index (κ2) is 8.01. The summed E-state index contributed by atoms with van der Waals surface area (Å²) < 4.78 is 0. The highest BCUT2D eigenvalue weighted by atomic mass is 14.9. The minimum Gasteiger partial charge on any atom is -0.313 e. The number of hydrogen-bond acceptors (Lipinski definition) is 2. The first-order valence-electron chi connectivity index (χ1n) is 7.86. The van der Waals surface area contributed by atoms with Gasteiger partial charge in [0.25, 0.3) is 0 Å². The Bertz CT molecular complexity index is 516. The molecular weight excluding hydrogens is 244 g/mol. The summed E-state index contributed by atoms with van der Waals surface area (Å²) in [5, 5.41) is 6.04. The molecule has 0 amide bonds. The third-order valence-corrected chi connectivity index (χ3v) is 4.03. The van der Waals surface area contributed by atoms with E-state index in [-0.39, 0.29) is 0 Å². The molecule has 2 heteroatoms. The van der Waals surface area contributed by atoms with Gasteiger partial charge in [0.1, 0.15) is 0 Å². The van der Waals surface area contributed by atoms with Crippen LogP contribution in [-0.4, -0.2) is 12.0 Å². The van der Waals surface area contributed by atoms with E-state index >= 15 is 0 Å². The topological polar surface area (TPSA) is 24.9 Å². The molecule has 20 heavy (non-hydrogen) atoms. The van der Waals surface area contributed by atoms with E-state index in [1.165, 1.54) is 54.9 Å². The summed E-state index contributed by atoms with van der Waals surface area (Å²) in [6.45, 7) is 2.26. The fourth-order valence-corrected chi connectivity index (χ4v) is 2.86. The highest BCUT2D eigenvalue weighted by molar-refractivity contribution is 5.85. The van der Waals surface area contributed by atoms with Gasteiger partial charge in [-0.3, -0.25) is 4.98 Å². The number of pyridine rings is 1. The fourth-order valence-electron chi connectivity index (χ4n) is 2.86. The Hall–Kier alpha value is -1.41. The van der Waals surface area contributed by atoms with Crippen molar-refractivity contribution in [2.75, 3.05) is 7.05 Å². The van der Waals surface area contributed by atoms with Gasteiger partial charge < -0.3 is 5.32 Å². The van der Waals surface area contributed by atoms with Crippen LogP contribution in [-0.2, 0) is 0 Å². The molecule has 0 fully saturated rings. The highest BCUT2D eigenvalue weighted by Gasteiger charge is 2.11. The van der Waals surface area contributed by atoms with Crippen molar-refractivity contribution in [2.24, 2.45) is 0 Å². The molecule has 0 aliphatic heterocycles. The van der Waals surface area contributed by atoms with E-state index in [1.54, 1.807) is 0 Å². The van der Waals surface area contributed by atoms with Crippen molar-refractivity contribution >= 4 is 10.8 Å². The van der Waals surface area contributed by atoms with Crippen molar-refractivity contribution < 1.29 is 0 Å². The van der Waals surface area contributed by atoms with Gasteiger partial charge in [-0.25, -0.2) is 0 Å². The van der Waals surface area contributed by atoms with Gasteiger partial charge in [0.15, 0.2) is 0 Å². The molecule has 0 saturated carbocycles. The van der Waals surface area contributed by atoms with Gasteiger partial charge in [-0.05, 0) is 30.5 Å². The largest absolute Gasteiger partial charge is 0.313 e. The van der Waals surface area contributed by atoms with Crippen LogP contribution in [0.2, 0.25) is 0 Å². The summed E-state index contributed by atoms with van der Waals surface area (Å²) in [4.78, 5) is 4.21. The van der Waals surface area contributed by atoms with E-state index in [9.17, 15) is 0 Å². The number of fused-ring (bicyclic) bond motifs is 1. The highest BCUT2D eigenvalue weighted by Crippen LogP contribution is 2.27. The summed E-state index contributed by atoms with van der Waals surface area (Å²) in [7, 11) is 2.07. The lowest BCUT2D eigenvalue weighted by molar-refractivity contribution is 0.503. The number of rotatable bonds is 8. The lowest BCUT2D eigenvalue weighted by atomic mass is 9.95. The van der Waals surface area contributed by atoms with Crippen LogP contribution in [0.1, 0.15) is 57.1 Å². The molecule has 0 spiro atoms. The van der Waals surface area contributed by atoms with Crippen LogP contribution in [0.4, 0.5) is 0 Å². The monoisotopic (exact) mass is 270 g/mol. The Morgan fingerprint density at radius 1 is 1.10 bits per heavy atom. The first-order valence-corrected chi connectivity index (χ1v) is 7.86. The van der Waals surface area contributed by atoms with Gasteiger partial charge in [-0.1, -0.05) is 57.2 Å². The summed E-state index contributed by atoms with van der Waals surface area (Å²) in [5.41, 5.74) is 1.41. The molecule has 2 rings (SSSR count). The smallest absolute Gasteiger partial charge is 0.0346 e. The minimum atomic E-state index is 0.447. The Balaban J connectivity index is 2.05. The predicted molar refractivity (Wildman–Crippen MR) is 86.9 cm³/mol. The van der Waals surface area contributed by atoms with Crippen LogP contribution < -0.4 is 5.32 Å². The van der Waals surface area contributed by atoms with E-state index in [4.69, 9.17) is 0 Å². The predicted octanol–water partition coefficient (Wildman–Crippen LogP) is 4.86. The normalized spacial score (nSPS) is 12.7. The van der Waals surface area contributed by atoms with Crippen molar-refractivity contribution in [2.45, 2.75) is 51.5 Å². The molecule has 0 aliphatic carbocycles. The summed E-state index contributed by atoms with van der Waals surface area (Å²) in [5.74, 6) is 0. The molecule has 1 heterocycles. The quantitative estimate of drug-likeness (QED) is 0.693. The molecule has 0 radical (unpaired) electrons. The number of unbranched alkanes of at least 4 members (excludes halogenated alkanes) is 4. The van der Waals surface area contributed by atoms with Crippen LogP contribution in [0, 0.1) is 0 Å². The van der Waals surface area contributed by atoms with Crippen molar-refractivity contribution in [3.05, 3.63) is 42.2 Å². The van der Waals surface area contributed by atoms with E-state index in [0.29, 0.717) is 6.04 Å². The lowest BCUT2D eigenvalue weighted by Crippen LogP contribution is -2.16. The van der Waals surface area contributed by atoms with Crippen LogP contribution >= 0.6 is 0 Å². The molecule has 1 aromatic heterocycles. The maximum atomic E-state index is 4.21. The number of benzene rings is 1. The zero-order valence-electron chi connectivity index (χ0n) is 12.7. The van der Waals surface area contributed by atoms with Gasteiger partial charge in [-0.2, -0.15) is 0 Å². The number of hydrogen-bond donors (Lipinski definition) is 1. The molecule has 1 atom stereocenters. The van der Waals surface area contributed by atoms with Gasteiger partial charge in [-0.15, -0.1) is 0 Å². The second-order valence-corrected chi connectivity index (χ2v) is 5.49. The van der Waals surface area contributed by atoms with Crippen LogP contribution in [0.15, 0.2) is 36.7 Å². The van der Waals surface area contributed by atoms with E-state index in [2.05, 4.69) is 48.5 Å². The SMILES string of the molecule is CCCCCCCC(NC)c1cccc2cnccc12. The first kappa shape index (κ1) is 15.0. The lowest BCUT2D eigenvalue weighted by Gasteiger charge is -2.18. The average molecular weight is 270 g/mol. The Morgan fingerprint density at radius 2 is 1.95 bits per heavy atom. The molecule has 1 N–H and O–H groups in total. The minimum absolute atomic E-state index is 0.447. The van der Waals surface area contributed by atoms with Crippen molar-refractivity contribution in [3.8, 4) is 0 Å². The molecule has 0 bridgehead atoms. The summed E-state index contributed by atoms with van der Waals surface area (Å²) in [6, 6.07) is 9.10.